The molecule has 5 heteroatoms. The number of hydrogen-bond donors (Lipinski definition) is 1. The number of hydrogen-bond acceptors (Lipinski definition) is 4. The van der Waals surface area contributed by atoms with Crippen LogP contribution in [0.1, 0.15) is 79.0 Å². The van der Waals surface area contributed by atoms with Gasteiger partial charge in [-0.3, -0.25) is 14.5 Å². The summed E-state index contributed by atoms with van der Waals surface area (Å²) in [6.45, 7) is 20.3. The number of aromatic nitrogens is 4. The Morgan fingerprint density at radius 2 is 1.28 bits per heavy atom. The lowest BCUT2D eigenvalue weighted by atomic mass is 9.80. The second-order valence-corrected chi connectivity index (χ2v) is 16.5. The molecule has 0 aliphatic rings. The van der Waals surface area contributed by atoms with Crippen LogP contribution in [0.2, 0.25) is 0 Å². The molecule has 0 fully saturated rings. The lowest BCUT2D eigenvalue weighted by Crippen LogP contribution is -2.15. The molecule has 5 nitrogen and oxygen atoms in total. The molecule has 0 saturated carbocycles. The molecule has 7 aromatic rings. The van der Waals surface area contributed by atoms with E-state index in [0.717, 1.165) is 50.3 Å². The van der Waals surface area contributed by atoms with Gasteiger partial charge in [0, 0.05) is 51.9 Å². The van der Waals surface area contributed by atoms with Gasteiger partial charge in [-0.15, -0.1) is 0 Å². The van der Waals surface area contributed by atoms with Crippen LogP contribution in [0.25, 0.3) is 61.3 Å². The van der Waals surface area contributed by atoms with E-state index in [9.17, 15) is 5.11 Å². The summed E-state index contributed by atoms with van der Waals surface area (Å²) in [7, 11) is 0. The first kappa shape index (κ1) is 33.2. The SMILES string of the molecule is CC(C)(C)c1ccc(-n2c(-c3cccc(-c4cc(C(C)(C)C)cc5c(C(C)(C)C)ccnc45)c3)nc3c(-c4cnccc4O)cccc32)cc1. The highest BCUT2D eigenvalue weighted by Crippen LogP contribution is 2.41. The van der Waals surface area contributed by atoms with Gasteiger partial charge >= 0.3 is 0 Å². The van der Waals surface area contributed by atoms with Crippen molar-refractivity contribution >= 4 is 21.9 Å². The van der Waals surface area contributed by atoms with Crippen LogP contribution in [0.4, 0.5) is 0 Å². The zero-order chi connectivity index (χ0) is 35.6. The molecule has 0 aliphatic heterocycles. The second-order valence-electron chi connectivity index (χ2n) is 16.5. The van der Waals surface area contributed by atoms with E-state index in [1.54, 1.807) is 18.5 Å². The lowest BCUT2D eigenvalue weighted by molar-refractivity contribution is 0.476. The third-order valence-corrected chi connectivity index (χ3v) is 9.72. The molecule has 4 aromatic carbocycles. The summed E-state index contributed by atoms with van der Waals surface area (Å²) in [4.78, 5) is 14.7. The predicted molar refractivity (Wildman–Crippen MR) is 208 cm³/mol. The zero-order valence-electron chi connectivity index (χ0n) is 30.6. The van der Waals surface area contributed by atoms with Crippen LogP contribution >= 0.6 is 0 Å². The van der Waals surface area contributed by atoms with E-state index in [4.69, 9.17) is 9.97 Å². The van der Waals surface area contributed by atoms with E-state index >= 15 is 0 Å². The van der Waals surface area contributed by atoms with Crippen LogP contribution in [-0.2, 0) is 16.2 Å². The van der Waals surface area contributed by atoms with Gasteiger partial charge in [0.05, 0.1) is 16.6 Å². The minimum Gasteiger partial charge on any atom is -0.507 e. The van der Waals surface area contributed by atoms with Crippen molar-refractivity contribution in [1.82, 2.24) is 19.5 Å². The fraction of sp³-hybridized carbons (Fsp3) is 0.267. The molecule has 7 rings (SSSR count). The Morgan fingerprint density at radius 1 is 0.580 bits per heavy atom. The molecular formula is C45H46N4O. The van der Waals surface area contributed by atoms with E-state index < -0.39 is 0 Å². The number of fused-ring (bicyclic) bond motifs is 2. The Morgan fingerprint density at radius 3 is 1.96 bits per heavy atom. The largest absolute Gasteiger partial charge is 0.507 e. The Labute approximate surface area is 295 Å². The molecule has 50 heavy (non-hydrogen) atoms. The summed E-state index contributed by atoms with van der Waals surface area (Å²) in [5.74, 6) is 0.994. The van der Waals surface area contributed by atoms with Crippen LogP contribution in [0.15, 0.2) is 110 Å². The van der Waals surface area contributed by atoms with Crippen molar-refractivity contribution in [3.63, 3.8) is 0 Å². The van der Waals surface area contributed by atoms with Gasteiger partial charge in [0.1, 0.15) is 11.6 Å². The fourth-order valence-electron chi connectivity index (χ4n) is 6.86. The lowest BCUT2D eigenvalue weighted by Gasteiger charge is -2.25. The van der Waals surface area contributed by atoms with E-state index in [2.05, 4.69) is 145 Å². The first-order chi connectivity index (χ1) is 23.6. The van der Waals surface area contributed by atoms with Crippen LogP contribution in [0.5, 0.6) is 5.75 Å². The van der Waals surface area contributed by atoms with Crippen LogP contribution in [0.3, 0.4) is 0 Å². The van der Waals surface area contributed by atoms with Gasteiger partial charge in [-0.25, -0.2) is 4.98 Å². The smallest absolute Gasteiger partial charge is 0.145 e. The summed E-state index contributed by atoms with van der Waals surface area (Å²) >= 11 is 0. The summed E-state index contributed by atoms with van der Waals surface area (Å²) in [5, 5.41) is 12.1. The maximum atomic E-state index is 10.9. The maximum Gasteiger partial charge on any atom is 0.145 e. The minimum absolute atomic E-state index is 0.0307. The van der Waals surface area contributed by atoms with Crippen molar-refractivity contribution in [1.29, 1.82) is 0 Å². The number of aromatic hydroxyl groups is 1. The van der Waals surface area contributed by atoms with Gasteiger partial charge in [0.25, 0.3) is 0 Å². The van der Waals surface area contributed by atoms with Gasteiger partial charge in [0.2, 0.25) is 0 Å². The molecule has 0 saturated heterocycles. The number of benzene rings is 4. The first-order valence-corrected chi connectivity index (χ1v) is 17.4. The van der Waals surface area contributed by atoms with Crippen molar-refractivity contribution in [3.8, 4) is 45.1 Å². The molecule has 0 unspecified atom stereocenters. The van der Waals surface area contributed by atoms with Crippen molar-refractivity contribution in [2.75, 3.05) is 0 Å². The monoisotopic (exact) mass is 658 g/mol. The van der Waals surface area contributed by atoms with Gasteiger partial charge < -0.3 is 5.11 Å². The van der Waals surface area contributed by atoms with Crippen molar-refractivity contribution in [2.24, 2.45) is 0 Å². The number of pyridine rings is 2. The highest BCUT2D eigenvalue weighted by molar-refractivity contribution is 5.99. The Hall–Kier alpha value is -5.29. The van der Waals surface area contributed by atoms with Crippen LogP contribution in [0, 0.1) is 0 Å². The predicted octanol–water partition coefficient (Wildman–Crippen LogP) is 11.6. The van der Waals surface area contributed by atoms with E-state index in [1.165, 1.54) is 22.1 Å². The molecule has 252 valence electrons. The summed E-state index contributed by atoms with van der Waals surface area (Å²) in [6, 6.07) is 32.0. The molecule has 0 amide bonds. The third kappa shape index (κ3) is 5.95. The molecule has 0 spiro atoms. The average Bonchev–Trinajstić information content (AvgIpc) is 3.47. The standard InChI is InChI=1S/C45H46N4O/c1-43(2,3)30-16-18-32(19-17-30)49-38-15-11-14-33(36-27-46-22-21-39(36)50)41(38)48-42(49)29-13-10-12-28(24-29)34-25-31(44(4,5)6)26-35-37(45(7,8)9)20-23-47-40(34)35/h10-27H,1-9H3,(H,46,50). The van der Waals surface area contributed by atoms with E-state index in [0.29, 0.717) is 5.56 Å². The first-order valence-electron chi connectivity index (χ1n) is 17.4. The molecule has 1 N–H and O–H groups in total. The normalized spacial score (nSPS) is 12.6. The molecule has 0 radical (unpaired) electrons. The van der Waals surface area contributed by atoms with Crippen molar-refractivity contribution in [2.45, 2.75) is 78.6 Å². The third-order valence-electron chi connectivity index (χ3n) is 9.72. The fourth-order valence-corrected chi connectivity index (χ4v) is 6.86. The highest BCUT2D eigenvalue weighted by Gasteiger charge is 2.24. The van der Waals surface area contributed by atoms with Gasteiger partial charge in [-0.05, 0) is 87.0 Å². The topological polar surface area (TPSA) is 63.8 Å². The van der Waals surface area contributed by atoms with Crippen molar-refractivity contribution in [3.05, 3.63) is 126 Å². The summed E-state index contributed by atoms with van der Waals surface area (Å²) in [5.41, 5.74) is 12.2. The molecule has 0 atom stereocenters. The Balaban J connectivity index is 1.50. The molecule has 0 bridgehead atoms. The number of para-hydroxylation sites is 1. The van der Waals surface area contributed by atoms with Gasteiger partial charge in [-0.1, -0.05) is 105 Å². The molecule has 3 aromatic heterocycles. The minimum atomic E-state index is -0.0486. The zero-order valence-corrected chi connectivity index (χ0v) is 30.6. The van der Waals surface area contributed by atoms with E-state index in [1.807, 2.05) is 18.3 Å². The summed E-state index contributed by atoms with van der Waals surface area (Å²) < 4.78 is 2.23. The highest BCUT2D eigenvalue weighted by atomic mass is 16.3. The number of imidazole rings is 1. The van der Waals surface area contributed by atoms with Crippen LogP contribution in [-0.4, -0.2) is 24.6 Å². The molecule has 3 heterocycles. The van der Waals surface area contributed by atoms with E-state index in [-0.39, 0.29) is 22.0 Å². The van der Waals surface area contributed by atoms with Crippen LogP contribution < -0.4 is 0 Å². The Kier molecular flexibility index (Phi) is 7.93. The van der Waals surface area contributed by atoms with Crippen molar-refractivity contribution < 1.29 is 5.11 Å². The Bertz CT molecular complexity index is 2380. The average molecular weight is 659 g/mol. The summed E-state index contributed by atoms with van der Waals surface area (Å²) in [6.07, 6.45) is 5.25. The van der Waals surface area contributed by atoms with Gasteiger partial charge in [0.15, 0.2) is 0 Å². The number of nitrogens with zero attached hydrogens (tertiary/aromatic N) is 4. The maximum absolute atomic E-state index is 10.9. The molecular weight excluding hydrogens is 613 g/mol. The quantitative estimate of drug-likeness (QED) is 0.204. The molecule has 0 aliphatic carbocycles. The second kappa shape index (κ2) is 11.9. The number of rotatable bonds is 4. The van der Waals surface area contributed by atoms with Gasteiger partial charge in [-0.2, -0.15) is 0 Å².